The fourth-order valence-electron chi connectivity index (χ4n) is 1.36. The smallest absolute Gasteiger partial charge is 0.0781 e. The molecule has 94 valence electrons. The van der Waals surface area contributed by atoms with Gasteiger partial charge in [0.2, 0.25) is 0 Å². The Labute approximate surface area is 102 Å². The summed E-state index contributed by atoms with van der Waals surface area (Å²) >= 11 is 0. The number of allylic oxidation sites excluding steroid dienone is 3. The molecule has 1 nitrogen and oxygen atoms in total. The zero-order chi connectivity index (χ0) is 12.4. The summed E-state index contributed by atoms with van der Waals surface area (Å²) in [5.41, 5.74) is 0. The highest BCUT2D eigenvalue weighted by molar-refractivity contribution is 5.04. The van der Waals surface area contributed by atoms with Gasteiger partial charge in [0.15, 0.2) is 0 Å². The summed E-state index contributed by atoms with van der Waals surface area (Å²) in [6.45, 7) is 11.8. The standard InChI is InChI=1S/C15H28O/c1-6-8-9-10-15(13(3)4)16-12-11-14(5)7-2/h6,8-10,13-15H,7,11-12H2,1-5H3/b8-6+,10-9-. The van der Waals surface area contributed by atoms with Gasteiger partial charge in [-0.2, -0.15) is 0 Å². The van der Waals surface area contributed by atoms with Crippen molar-refractivity contribution in [2.45, 2.75) is 53.6 Å². The maximum absolute atomic E-state index is 5.90. The maximum atomic E-state index is 5.90. The lowest BCUT2D eigenvalue weighted by molar-refractivity contribution is 0.0474. The summed E-state index contributed by atoms with van der Waals surface area (Å²) in [4.78, 5) is 0. The molecule has 0 aromatic carbocycles. The van der Waals surface area contributed by atoms with E-state index in [-0.39, 0.29) is 6.10 Å². The van der Waals surface area contributed by atoms with E-state index in [0.717, 1.165) is 18.9 Å². The molecule has 2 atom stereocenters. The van der Waals surface area contributed by atoms with Crippen molar-refractivity contribution in [1.82, 2.24) is 0 Å². The first-order chi connectivity index (χ1) is 7.61. The van der Waals surface area contributed by atoms with Crippen LogP contribution in [0.1, 0.15) is 47.5 Å². The molecule has 0 aliphatic heterocycles. The van der Waals surface area contributed by atoms with Crippen LogP contribution in [-0.2, 0) is 4.74 Å². The van der Waals surface area contributed by atoms with Crippen LogP contribution in [0.15, 0.2) is 24.3 Å². The highest BCUT2D eigenvalue weighted by Gasteiger charge is 2.10. The van der Waals surface area contributed by atoms with Crippen LogP contribution in [0, 0.1) is 11.8 Å². The second-order valence-corrected chi connectivity index (χ2v) is 4.79. The van der Waals surface area contributed by atoms with Gasteiger partial charge in [0, 0.05) is 6.61 Å². The molecule has 16 heavy (non-hydrogen) atoms. The molecule has 0 aliphatic rings. The van der Waals surface area contributed by atoms with Crippen molar-refractivity contribution in [3.8, 4) is 0 Å². The second-order valence-electron chi connectivity index (χ2n) is 4.79. The summed E-state index contributed by atoms with van der Waals surface area (Å²) in [7, 11) is 0. The molecule has 0 bridgehead atoms. The van der Waals surface area contributed by atoms with E-state index in [9.17, 15) is 0 Å². The first kappa shape index (κ1) is 15.4. The Kier molecular flexibility index (Phi) is 9.31. The van der Waals surface area contributed by atoms with Crippen LogP contribution >= 0.6 is 0 Å². The van der Waals surface area contributed by atoms with E-state index in [1.54, 1.807) is 0 Å². The zero-order valence-electron chi connectivity index (χ0n) is 11.6. The van der Waals surface area contributed by atoms with Crippen LogP contribution in [0.2, 0.25) is 0 Å². The molecule has 2 unspecified atom stereocenters. The molecule has 0 saturated carbocycles. The quantitative estimate of drug-likeness (QED) is 0.548. The predicted molar refractivity (Wildman–Crippen MR) is 72.6 cm³/mol. The summed E-state index contributed by atoms with van der Waals surface area (Å²) in [5.74, 6) is 1.31. The van der Waals surface area contributed by atoms with Crippen molar-refractivity contribution >= 4 is 0 Å². The number of rotatable bonds is 8. The van der Waals surface area contributed by atoms with Gasteiger partial charge < -0.3 is 4.74 Å². The SMILES string of the molecule is C/C=C/C=C\C(OCCC(C)CC)C(C)C. The Balaban J connectivity index is 3.95. The number of hydrogen-bond acceptors (Lipinski definition) is 1. The summed E-state index contributed by atoms with van der Waals surface area (Å²) < 4.78 is 5.90. The minimum Gasteiger partial charge on any atom is -0.374 e. The average molecular weight is 224 g/mol. The van der Waals surface area contributed by atoms with Crippen LogP contribution in [-0.4, -0.2) is 12.7 Å². The first-order valence-corrected chi connectivity index (χ1v) is 6.52. The van der Waals surface area contributed by atoms with Crippen molar-refractivity contribution in [3.63, 3.8) is 0 Å². The normalized spacial score (nSPS) is 16.4. The van der Waals surface area contributed by atoms with Crippen molar-refractivity contribution in [2.75, 3.05) is 6.61 Å². The molecule has 0 fully saturated rings. The fraction of sp³-hybridized carbons (Fsp3) is 0.733. The van der Waals surface area contributed by atoms with E-state index in [1.807, 2.05) is 19.1 Å². The molecule has 0 rings (SSSR count). The summed E-state index contributed by atoms with van der Waals surface area (Å²) in [6.07, 6.45) is 11.0. The average Bonchev–Trinajstić information content (AvgIpc) is 2.26. The van der Waals surface area contributed by atoms with E-state index in [2.05, 4.69) is 39.8 Å². The van der Waals surface area contributed by atoms with Crippen LogP contribution in [0.25, 0.3) is 0 Å². The van der Waals surface area contributed by atoms with Crippen LogP contribution in [0.5, 0.6) is 0 Å². The fourth-order valence-corrected chi connectivity index (χ4v) is 1.36. The van der Waals surface area contributed by atoms with E-state index in [4.69, 9.17) is 4.74 Å². The summed E-state index contributed by atoms with van der Waals surface area (Å²) in [6, 6.07) is 0. The zero-order valence-corrected chi connectivity index (χ0v) is 11.6. The molecule has 1 heteroatoms. The Morgan fingerprint density at radius 1 is 1.12 bits per heavy atom. The van der Waals surface area contributed by atoms with Crippen molar-refractivity contribution in [1.29, 1.82) is 0 Å². The molecule has 0 radical (unpaired) electrons. The van der Waals surface area contributed by atoms with E-state index in [1.165, 1.54) is 6.42 Å². The van der Waals surface area contributed by atoms with Crippen LogP contribution < -0.4 is 0 Å². The molecule has 0 spiro atoms. The van der Waals surface area contributed by atoms with E-state index >= 15 is 0 Å². The molecule has 0 aromatic heterocycles. The topological polar surface area (TPSA) is 9.23 Å². The lowest BCUT2D eigenvalue weighted by Gasteiger charge is -2.19. The van der Waals surface area contributed by atoms with Gasteiger partial charge in [0.05, 0.1) is 6.10 Å². The third kappa shape index (κ3) is 7.70. The number of ether oxygens (including phenoxy) is 1. The highest BCUT2D eigenvalue weighted by atomic mass is 16.5. The molecular formula is C15H28O. The second kappa shape index (κ2) is 9.65. The summed E-state index contributed by atoms with van der Waals surface area (Å²) in [5, 5.41) is 0. The van der Waals surface area contributed by atoms with Crippen LogP contribution in [0.4, 0.5) is 0 Å². The van der Waals surface area contributed by atoms with Gasteiger partial charge in [-0.25, -0.2) is 0 Å². The molecule has 0 aliphatic carbocycles. The van der Waals surface area contributed by atoms with Gasteiger partial charge in [0.25, 0.3) is 0 Å². The highest BCUT2D eigenvalue weighted by Crippen LogP contribution is 2.12. The van der Waals surface area contributed by atoms with Crippen LogP contribution in [0.3, 0.4) is 0 Å². The Bertz CT molecular complexity index is 203. The Morgan fingerprint density at radius 2 is 1.81 bits per heavy atom. The van der Waals surface area contributed by atoms with Crippen molar-refractivity contribution in [2.24, 2.45) is 11.8 Å². The third-order valence-corrected chi connectivity index (χ3v) is 2.88. The third-order valence-electron chi connectivity index (χ3n) is 2.88. The van der Waals surface area contributed by atoms with Gasteiger partial charge in [-0.1, -0.05) is 58.4 Å². The lowest BCUT2D eigenvalue weighted by Crippen LogP contribution is -2.18. The monoisotopic (exact) mass is 224 g/mol. The number of hydrogen-bond donors (Lipinski definition) is 0. The maximum Gasteiger partial charge on any atom is 0.0781 e. The van der Waals surface area contributed by atoms with Gasteiger partial charge in [-0.15, -0.1) is 0 Å². The van der Waals surface area contributed by atoms with Gasteiger partial charge in [-0.3, -0.25) is 0 Å². The Hall–Kier alpha value is -0.560. The van der Waals surface area contributed by atoms with E-state index in [0.29, 0.717) is 5.92 Å². The van der Waals surface area contributed by atoms with Gasteiger partial charge in [-0.05, 0) is 25.2 Å². The minimum absolute atomic E-state index is 0.250. The first-order valence-electron chi connectivity index (χ1n) is 6.52. The van der Waals surface area contributed by atoms with Crippen molar-refractivity contribution in [3.05, 3.63) is 24.3 Å². The largest absolute Gasteiger partial charge is 0.374 e. The van der Waals surface area contributed by atoms with Gasteiger partial charge in [0.1, 0.15) is 0 Å². The predicted octanol–water partition coefficient (Wildman–Crippen LogP) is 4.60. The molecule has 0 N–H and O–H groups in total. The molecule has 0 amide bonds. The molecule has 0 heterocycles. The van der Waals surface area contributed by atoms with Gasteiger partial charge >= 0.3 is 0 Å². The lowest BCUT2D eigenvalue weighted by atomic mass is 10.0. The van der Waals surface area contributed by atoms with E-state index < -0.39 is 0 Å². The Morgan fingerprint density at radius 3 is 2.31 bits per heavy atom. The van der Waals surface area contributed by atoms with Crippen molar-refractivity contribution < 1.29 is 4.74 Å². The molecule has 0 saturated heterocycles. The molecular weight excluding hydrogens is 196 g/mol. The minimum atomic E-state index is 0.250. The molecule has 0 aromatic rings.